The van der Waals surface area contributed by atoms with Gasteiger partial charge in [0, 0.05) is 24.7 Å². The summed E-state index contributed by atoms with van der Waals surface area (Å²) in [7, 11) is 0. The lowest BCUT2D eigenvalue weighted by atomic mass is 10.1. The Hall–Kier alpha value is -1.95. The monoisotopic (exact) mass is 339 g/mol. The zero-order valence-corrected chi connectivity index (χ0v) is 12.7. The van der Waals surface area contributed by atoms with E-state index in [-0.39, 0.29) is 0 Å². The molecule has 1 saturated heterocycles. The first kappa shape index (κ1) is 14.6. The molecule has 1 aromatic heterocycles. The molecular weight excluding hydrogens is 327 g/mol. The average Bonchev–Trinajstić information content (AvgIpc) is 2.90. The molecule has 1 atom stereocenters. The zero-order valence-electron chi connectivity index (χ0n) is 12.0. The minimum Gasteiger partial charge on any atom is -0.366 e. The fraction of sp³-hybridized carbons (Fsp3) is 0.312. The summed E-state index contributed by atoms with van der Waals surface area (Å²) >= 11 is 6.30. The molecule has 1 fully saturated rings. The number of benzene rings is 1. The summed E-state index contributed by atoms with van der Waals surface area (Å²) in [5.74, 6) is 0.690. The molecule has 3 nitrogen and oxygen atoms in total. The van der Waals surface area contributed by atoms with Gasteiger partial charge in [-0.25, -0.2) is 4.98 Å². The number of pyridine rings is 1. The molecule has 120 valence electrons. The third kappa shape index (κ3) is 2.51. The van der Waals surface area contributed by atoms with Gasteiger partial charge in [-0.15, -0.1) is 0 Å². The number of nitrogens with one attached hydrogen (secondary N) is 1. The highest BCUT2D eigenvalue weighted by Crippen LogP contribution is 2.40. The smallest absolute Gasteiger partial charge is 0.366 e. The second-order valence-corrected chi connectivity index (χ2v) is 6.25. The Bertz CT molecular complexity index is 776. The van der Waals surface area contributed by atoms with Gasteiger partial charge in [0.25, 0.3) is 0 Å². The van der Waals surface area contributed by atoms with Crippen LogP contribution in [0.4, 0.5) is 24.7 Å². The second-order valence-electron chi connectivity index (χ2n) is 5.84. The van der Waals surface area contributed by atoms with Crippen LogP contribution < -0.4 is 10.2 Å². The first-order valence-corrected chi connectivity index (χ1v) is 7.69. The van der Waals surface area contributed by atoms with Crippen LogP contribution in [0, 0.1) is 0 Å². The lowest BCUT2D eigenvalue weighted by Crippen LogP contribution is -2.32. The van der Waals surface area contributed by atoms with Crippen LogP contribution >= 0.6 is 11.6 Å². The van der Waals surface area contributed by atoms with Crippen LogP contribution in [0.1, 0.15) is 12.0 Å². The number of fused-ring (bicyclic) bond motifs is 4. The van der Waals surface area contributed by atoms with Gasteiger partial charge in [-0.3, -0.25) is 0 Å². The number of hydrogen-bond acceptors (Lipinski definition) is 3. The summed E-state index contributed by atoms with van der Waals surface area (Å²) in [5, 5.41) is 3.69. The van der Waals surface area contributed by atoms with Crippen LogP contribution in [-0.2, 0) is 6.18 Å². The maximum Gasteiger partial charge on any atom is 0.416 e. The molecule has 2 aliphatic rings. The molecule has 2 aromatic rings. The lowest BCUT2D eigenvalue weighted by Gasteiger charge is -2.28. The average molecular weight is 340 g/mol. The Balaban J connectivity index is 1.80. The van der Waals surface area contributed by atoms with Crippen molar-refractivity contribution >= 4 is 23.1 Å². The van der Waals surface area contributed by atoms with E-state index in [4.69, 9.17) is 11.6 Å². The Labute approximate surface area is 136 Å². The fourth-order valence-electron chi connectivity index (χ4n) is 3.16. The van der Waals surface area contributed by atoms with E-state index in [2.05, 4.69) is 15.2 Å². The molecule has 0 aliphatic carbocycles. The van der Waals surface area contributed by atoms with Crippen molar-refractivity contribution in [1.29, 1.82) is 0 Å². The minimum atomic E-state index is -4.39. The number of rotatable bonds is 1. The third-order valence-electron chi connectivity index (χ3n) is 4.29. The van der Waals surface area contributed by atoms with Crippen molar-refractivity contribution in [2.75, 3.05) is 23.3 Å². The molecule has 23 heavy (non-hydrogen) atoms. The summed E-state index contributed by atoms with van der Waals surface area (Å²) < 4.78 is 38.7. The van der Waals surface area contributed by atoms with E-state index in [1.54, 1.807) is 12.1 Å². The van der Waals surface area contributed by atoms with Crippen LogP contribution in [0.15, 0.2) is 30.3 Å². The van der Waals surface area contributed by atoms with Crippen LogP contribution in [0.5, 0.6) is 0 Å². The van der Waals surface area contributed by atoms with E-state index in [1.807, 2.05) is 0 Å². The van der Waals surface area contributed by atoms with Crippen LogP contribution in [0.3, 0.4) is 0 Å². The molecule has 0 radical (unpaired) electrons. The highest BCUT2D eigenvalue weighted by atomic mass is 35.5. The summed E-state index contributed by atoms with van der Waals surface area (Å²) in [6.07, 6.45) is -3.37. The van der Waals surface area contributed by atoms with E-state index in [0.29, 0.717) is 28.1 Å². The van der Waals surface area contributed by atoms with Gasteiger partial charge in [-0.1, -0.05) is 23.7 Å². The SMILES string of the molecule is FC(F)(F)c1cccc(-c2nc3c(cc2Cl)N2CC[C@@H](C2)N3)c1. The lowest BCUT2D eigenvalue weighted by molar-refractivity contribution is -0.137. The Morgan fingerprint density at radius 2 is 2.09 bits per heavy atom. The molecule has 1 aromatic carbocycles. The van der Waals surface area contributed by atoms with E-state index in [9.17, 15) is 13.2 Å². The largest absolute Gasteiger partial charge is 0.416 e. The van der Waals surface area contributed by atoms with Crippen LogP contribution in [0.25, 0.3) is 11.3 Å². The van der Waals surface area contributed by atoms with Gasteiger partial charge in [0.2, 0.25) is 0 Å². The van der Waals surface area contributed by atoms with E-state index < -0.39 is 11.7 Å². The number of hydrogen-bond donors (Lipinski definition) is 1. The Kier molecular flexibility index (Phi) is 3.20. The van der Waals surface area contributed by atoms with E-state index >= 15 is 0 Å². The first-order valence-electron chi connectivity index (χ1n) is 7.31. The molecule has 2 bridgehead atoms. The van der Waals surface area contributed by atoms with Gasteiger partial charge in [-0.05, 0) is 24.6 Å². The minimum absolute atomic E-state index is 0.338. The predicted octanol–water partition coefficient (Wildman–Crippen LogP) is 4.43. The van der Waals surface area contributed by atoms with Crippen molar-refractivity contribution in [1.82, 2.24) is 4.98 Å². The van der Waals surface area contributed by atoms with Gasteiger partial charge in [0.15, 0.2) is 5.82 Å². The topological polar surface area (TPSA) is 28.2 Å². The van der Waals surface area contributed by atoms with Crippen molar-refractivity contribution in [3.05, 3.63) is 40.9 Å². The van der Waals surface area contributed by atoms with Gasteiger partial charge in [0.1, 0.15) is 0 Å². The maximum absolute atomic E-state index is 12.9. The van der Waals surface area contributed by atoms with Gasteiger partial charge in [-0.2, -0.15) is 13.2 Å². The quantitative estimate of drug-likeness (QED) is 0.833. The van der Waals surface area contributed by atoms with Crippen molar-refractivity contribution in [3.8, 4) is 11.3 Å². The number of alkyl halides is 3. The number of aromatic nitrogens is 1. The summed E-state index contributed by atoms with van der Waals surface area (Å²) in [6.45, 7) is 1.85. The van der Waals surface area contributed by atoms with E-state index in [1.165, 1.54) is 6.07 Å². The predicted molar refractivity (Wildman–Crippen MR) is 83.9 cm³/mol. The Morgan fingerprint density at radius 3 is 2.87 bits per heavy atom. The third-order valence-corrected chi connectivity index (χ3v) is 4.58. The molecule has 0 unspecified atom stereocenters. The number of anilines is 2. The molecule has 3 heterocycles. The van der Waals surface area contributed by atoms with E-state index in [0.717, 1.165) is 37.3 Å². The molecule has 0 spiro atoms. The highest BCUT2D eigenvalue weighted by molar-refractivity contribution is 6.33. The maximum atomic E-state index is 12.9. The summed E-state index contributed by atoms with van der Waals surface area (Å²) in [6, 6.07) is 7.21. The van der Waals surface area contributed by atoms with Gasteiger partial charge in [0.05, 0.1) is 22.0 Å². The molecule has 7 heteroatoms. The van der Waals surface area contributed by atoms with Crippen molar-refractivity contribution in [3.63, 3.8) is 0 Å². The normalized spacial score (nSPS) is 19.5. The first-order chi connectivity index (χ1) is 10.9. The summed E-state index contributed by atoms with van der Waals surface area (Å²) in [4.78, 5) is 6.69. The fourth-order valence-corrected chi connectivity index (χ4v) is 3.42. The standard InChI is InChI=1S/C16H13ClF3N3/c17-12-7-13-15(21-11-4-5-23(13)8-11)22-14(12)9-2-1-3-10(6-9)16(18,19)20/h1-3,6-7,11H,4-5,8H2,(H,21,22)/t11-/m0/s1. The van der Waals surface area contributed by atoms with Crippen molar-refractivity contribution in [2.24, 2.45) is 0 Å². The van der Waals surface area contributed by atoms with Gasteiger partial charge < -0.3 is 10.2 Å². The zero-order chi connectivity index (χ0) is 16.2. The highest BCUT2D eigenvalue weighted by Gasteiger charge is 2.33. The second kappa shape index (κ2) is 5.03. The van der Waals surface area contributed by atoms with Gasteiger partial charge >= 0.3 is 6.18 Å². The van der Waals surface area contributed by atoms with Crippen molar-refractivity contribution in [2.45, 2.75) is 18.6 Å². The molecule has 0 amide bonds. The van der Waals surface area contributed by atoms with Crippen LogP contribution in [0.2, 0.25) is 5.02 Å². The van der Waals surface area contributed by atoms with Crippen LogP contribution in [-0.4, -0.2) is 24.1 Å². The molecule has 2 aliphatic heterocycles. The Morgan fingerprint density at radius 1 is 1.26 bits per heavy atom. The summed E-state index contributed by atoms with van der Waals surface area (Å²) in [5.41, 5.74) is 0.940. The number of halogens is 4. The molecule has 1 N–H and O–H groups in total. The van der Waals surface area contributed by atoms with Crippen molar-refractivity contribution < 1.29 is 13.2 Å². The molecule has 0 saturated carbocycles. The molecule has 4 rings (SSSR count). The molecular formula is C16H13ClF3N3. The number of nitrogens with zero attached hydrogens (tertiary/aromatic N) is 2.